The molecule has 2 bridgehead atoms. The lowest BCUT2D eigenvalue weighted by Gasteiger charge is -2.47. The highest BCUT2D eigenvalue weighted by molar-refractivity contribution is 9.10. The fraction of sp³-hybridized carbons (Fsp3) is 0.750. The van der Waals surface area contributed by atoms with Gasteiger partial charge in [-0.1, -0.05) is 20.3 Å². The van der Waals surface area contributed by atoms with Crippen LogP contribution in [-0.4, -0.2) is 40.0 Å². The molecule has 1 aromatic heterocycles. The van der Waals surface area contributed by atoms with Gasteiger partial charge in [0.25, 0.3) is 0 Å². The highest BCUT2D eigenvalue weighted by Crippen LogP contribution is 2.34. The van der Waals surface area contributed by atoms with Gasteiger partial charge in [0.1, 0.15) is 16.2 Å². The van der Waals surface area contributed by atoms with Crippen LogP contribution in [0.4, 0.5) is 5.82 Å². The van der Waals surface area contributed by atoms with E-state index in [2.05, 4.69) is 57.0 Å². The highest BCUT2D eigenvalue weighted by Gasteiger charge is 2.36. The Hall–Kier alpha value is -0.680. The summed E-state index contributed by atoms with van der Waals surface area (Å²) in [5, 5.41) is 3.66. The van der Waals surface area contributed by atoms with Gasteiger partial charge >= 0.3 is 0 Å². The van der Waals surface area contributed by atoms with Crippen molar-refractivity contribution in [2.24, 2.45) is 0 Å². The van der Waals surface area contributed by atoms with Gasteiger partial charge in [-0.25, -0.2) is 9.97 Å². The number of halogens is 1. The van der Waals surface area contributed by atoms with Gasteiger partial charge in [0.05, 0.1) is 0 Å². The molecule has 1 aromatic rings. The Labute approximate surface area is 135 Å². The van der Waals surface area contributed by atoms with Crippen molar-refractivity contribution in [3.05, 3.63) is 16.5 Å². The Morgan fingerprint density at radius 1 is 1.24 bits per heavy atom. The summed E-state index contributed by atoms with van der Waals surface area (Å²) in [5.74, 6) is 2.22. The zero-order chi connectivity index (χ0) is 15.0. The Morgan fingerprint density at radius 3 is 2.52 bits per heavy atom. The SMILES string of the molecule is CC(C)c1nc(Br)cc(NC2CC3CCCC(C2)N3C)n1. The van der Waals surface area contributed by atoms with Crippen LogP contribution in [0.3, 0.4) is 0 Å². The first-order valence-electron chi connectivity index (χ1n) is 8.06. The molecule has 0 aliphatic carbocycles. The third-order valence-corrected chi connectivity index (χ3v) is 5.33. The molecule has 21 heavy (non-hydrogen) atoms. The van der Waals surface area contributed by atoms with Gasteiger partial charge in [0.2, 0.25) is 0 Å². The van der Waals surface area contributed by atoms with Crippen LogP contribution in [-0.2, 0) is 0 Å². The topological polar surface area (TPSA) is 41.1 Å². The largest absolute Gasteiger partial charge is 0.367 e. The molecular formula is C16H25BrN4. The Balaban J connectivity index is 1.72. The maximum Gasteiger partial charge on any atom is 0.134 e. The molecule has 0 saturated carbocycles. The van der Waals surface area contributed by atoms with Crippen molar-refractivity contribution in [2.75, 3.05) is 12.4 Å². The van der Waals surface area contributed by atoms with Gasteiger partial charge in [-0.15, -0.1) is 0 Å². The molecule has 4 nitrogen and oxygen atoms in total. The summed E-state index contributed by atoms with van der Waals surface area (Å²) in [6.45, 7) is 4.26. The summed E-state index contributed by atoms with van der Waals surface area (Å²) in [7, 11) is 2.29. The molecule has 2 unspecified atom stereocenters. The lowest BCUT2D eigenvalue weighted by molar-refractivity contribution is 0.0608. The van der Waals surface area contributed by atoms with Gasteiger partial charge in [-0.3, -0.25) is 0 Å². The van der Waals surface area contributed by atoms with Gasteiger partial charge in [0, 0.05) is 30.1 Å². The van der Waals surface area contributed by atoms with Gasteiger partial charge < -0.3 is 10.2 Å². The molecule has 2 saturated heterocycles. The van der Waals surface area contributed by atoms with Crippen LogP contribution in [0.1, 0.15) is 57.7 Å². The minimum Gasteiger partial charge on any atom is -0.367 e. The van der Waals surface area contributed by atoms with Crippen molar-refractivity contribution < 1.29 is 0 Å². The van der Waals surface area contributed by atoms with Crippen LogP contribution < -0.4 is 5.32 Å². The van der Waals surface area contributed by atoms with Gasteiger partial charge in [0.15, 0.2) is 0 Å². The van der Waals surface area contributed by atoms with Crippen LogP contribution >= 0.6 is 15.9 Å². The number of hydrogen-bond donors (Lipinski definition) is 1. The normalized spacial score (nSPS) is 29.7. The average Bonchev–Trinajstić information content (AvgIpc) is 2.39. The first kappa shape index (κ1) is 15.2. The zero-order valence-electron chi connectivity index (χ0n) is 13.1. The third kappa shape index (κ3) is 3.39. The van der Waals surface area contributed by atoms with E-state index in [1.165, 1.54) is 32.1 Å². The second-order valence-electron chi connectivity index (χ2n) is 6.81. The number of piperidine rings is 2. The standard InChI is InChI=1S/C16H25BrN4/c1-10(2)16-19-14(17)9-15(20-16)18-11-7-12-5-4-6-13(8-11)21(12)3/h9-13H,4-8H2,1-3H3,(H,18,19,20). The first-order chi connectivity index (χ1) is 10.0. The molecule has 0 radical (unpaired) electrons. The number of fused-ring (bicyclic) bond motifs is 2. The fourth-order valence-electron chi connectivity index (χ4n) is 3.71. The minimum absolute atomic E-state index is 0.347. The summed E-state index contributed by atoms with van der Waals surface area (Å²) >= 11 is 3.50. The molecule has 2 aliphatic rings. The molecule has 5 heteroatoms. The summed E-state index contributed by atoms with van der Waals surface area (Å²) in [5.41, 5.74) is 0. The van der Waals surface area contributed by atoms with Crippen molar-refractivity contribution >= 4 is 21.7 Å². The van der Waals surface area contributed by atoms with Crippen LogP contribution in [0.2, 0.25) is 0 Å². The molecule has 3 heterocycles. The van der Waals surface area contributed by atoms with E-state index in [0.29, 0.717) is 12.0 Å². The molecule has 116 valence electrons. The van der Waals surface area contributed by atoms with Crippen molar-refractivity contribution in [1.29, 1.82) is 0 Å². The number of aromatic nitrogens is 2. The van der Waals surface area contributed by atoms with Crippen molar-refractivity contribution in [3.63, 3.8) is 0 Å². The van der Waals surface area contributed by atoms with E-state index in [1.807, 2.05) is 6.07 Å². The highest BCUT2D eigenvalue weighted by atomic mass is 79.9. The van der Waals surface area contributed by atoms with E-state index in [4.69, 9.17) is 0 Å². The van der Waals surface area contributed by atoms with E-state index in [9.17, 15) is 0 Å². The number of hydrogen-bond acceptors (Lipinski definition) is 4. The molecule has 2 atom stereocenters. The molecule has 0 aromatic carbocycles. The van der Waals surface area contributed by atoms with E-state index >= 15 is 0 Å². The van der Waals surface area contributed by atoms with Crippen molar-refractivity contribution in [3.8, 4) is 0 Å². The van der Waals surface area contributed by atoms with Crippen LogP contribution in [0.25, 0.3) is 0 Å². The second kappa shape index (κ2) is 6.21. The van der Waals surface area contributed by atoms with E-state index in [-0.39, 0.29) is 0 Å². The number of rotatable bonds is 3. The number of anilines is 1. The molecule has 1 N–H and O–H groups in total. The fourth-order valence-corrected chi connectivity index (χ4v) is 4.11. The number of nitrogens with zero attached hydrogens (tertiary/aromatic N) is 3. The predicted molar refractivity (Wildman–Crippen MR) is 89.7 cm³/mol. The molecular weight excluding hydrogens is 328 g/mol. The van der Waals surface area contributed by atoms with E-state index in [0.717, 1.165) is 28.3 Å². The number of nitrogens with one attached hydrogen (secondary N) is 1. The third-order valence-electron chi connectivity index (χ3n) is 4.92. The smallest absolute Gasteiger partial charge is 0.134 e. The lowest BCUT2D eigenvalue weighted by Crippen LogP contribution is -2.52. The monoisotopic (exact) mass is 352 g/mol. The summed E-state index contributed by atoms with van der Waals surface area (Å²) in [6, 6.07) is 4.02. The van der Waals surface area contributed by atoms with Crippen LogP contribution in [0.15, 0.2) is 10.7 Å². The van der Waals surface area contributed by atoms with E-state index in [1.54, 1.807) is 0 Å². The molecule has 2 aliphatic heterocycles. The molecule has 0 amide bonds. The Kier molecular flexibility index (Phi) is 4.50. The summed E-state index contributed by atoms with van der Waals surface area (Å²) < 4.78 is 0.872. The molecule has 0 spiro atoms. The van der Waals surface area contributed by atoms with Crippen LogP contribution in [0, 0.1) is 0 Å². The Morgan fingerprint density at radius 2 is 1.90 bits per heavy atom. The Bertz CT molecular complexity index is 491. The quantitative estimate of drug-likeness (QED) is 0.840. The second-order valence-corrected chi connectivity index (χ2v) is 7.62. The van der Waals surface area contributed by atoms with Gasteiger partial charge in [-0.05, 0) is 48.7 Å². The maximum absolute atomic E-state index is 4.67. The van der Waals surface area contributed by atoms with Crippen molar-refractivity contribution in [2.45, 2.75) is 70.0 Å². The summed E-state index contributed by atoms with van der Waals surface area (Å²) in [6.07, 6.45) is 6.53. The molecule has 3 rings (SSSR count). The van der Waals surface area contributed by atoms with Crippen LogP contribution in [0.5, 0.6) is 0 Å². The molecule has 2 fully saturated rings. The summed E-state index contributed by atoms with van der Waals surface area (Å²) in [4.78, 5) is 11.7. The zero-order valence-corrected chi connectivity index (χ0v) is 14.7. The minimum atomic E-state index is 0.347. The average molecular weight is 353 g/mol. The van der Waals surface area contributed by atoms with E-state index < -0.39 is 0 Å². The maximum atomic E-state index is 4.67. The van der Waals surface area contributed by atoms with Gasteiger partial charge in [-0.2, -0.15) is 0 Å². The van der Waals surface area contributed by atoms with Crippen molar-refractivity contribution in [1.82, 2.24) is 14.9 Å². The first-order valence-corrected chi connectivity index (χ1v) is 8.85. The predicted octanol–water partition coefficient (Wildman–Crippen LogP) is 3.79. The lowest BCUT2D eigenvalue weighted by atomic mass is 9.82.